The first-order valence-electron chi connectivity index (χ1n) is 44.0. The third kappa shape index (κ3) is 56.4. The number of halogens is 8. The van der Waals surface area contributed by atoms with E-state index >= 15 is 0 Å². The van der Waals surface area contributed by atoms with Crippen molar-refractivity contribution in [2.45, 2.75) is 434 Å². The first-order chi connectivity index (χ1) is 47.6. The molecule has 0 aromatic rings. The number of ether oxygens (including phenoxy) is 1. The Labute approximate surface area is 642 Å². The minimum atomic E-state index is -2.40. The molecule has 0 radical (unpaired) electrons. The van der Waals surface area contributed by atoms with E-state index in [0.717, 1.165) is 160 Å². The molecular weight excluding hydrogens is 1320 g/mol. The topological polar surface area (TPSA) is 9.23 Å². The molecule has 8 saturated carbocycles. The Morgan fingerprint density at radius 2 is 0.845 bits per heavy atom. The molecule has 10 fully saturated rings. The zero-order valence-corrected chi connectivity index (χ0v) is 73.9. The highest BCUT2D eigenvalue weighted by atomic mass is 32.2. The molecular formula is C93H178F8OS. The molecule has 2 saturated heterocycles. The van der Waals surface area contributed by atoms with Gasteiger partial charge in [0.25, 0.3) is 11.8 Å². The second-order valence-corrected chi connectivity index (χ2v) is 41.5. The van der Waals surface area contributed by atoms with Crippen molar-refractivity contribution in [2.75, 3.05) is 24.7 Å². The van der Waals surface area contributed by atoms with Gasteiger partial charge >= 0.3 is 0 Å². The van der Waals surface area contributed by atoms with Gasteiger partial charge in [0, 0.05) is 42.9 Å². The lowest BCUT2D eigenvalue weighted by Crippen LogP contribution is -2.37. The molecule has 10 heteroatoms. The highest BCUT2D eigenvalue weighted by molar-refractivity contribution is 8.00. The van der Waals surface area contributed by atoms with Gasteiger partial charge in [-0.25, -0.2) is 35.1 Å². The Kier molecular flexibility index (Phi) is 53.2. The van der Waals surface area contributed by atoms with Crippen LogP contribution < -0.4 is 0 Å². The van der Waals surface area contributed by atoms with Crippen molar-refractivity contribution in [3.8, 4) is 0 Å². The molecule has 2 aliphatic heterocycles. The van der Waals surface area contributed by atoms with Crippen molar-refractivity contribution in [1.82, 2.24) is 0 Å². The minimum absolute atomic E-state index is 0.130. The van der Waals surface area contributed by atoms with E-state index in [2.05, 4.69) is 176 Å². The van der Waals surface area contributed by atoms with Gasteiger partial charge < -0.3 is 4.74 Å². The number of alkyl halides is 8. The van der Waals surface area contributed by atoms with Crippen LogP contribution in [0.2, 0.25) is 0 Å². The smallest absolute Gasteiger partial charge is 0.253 e. The molecule has 0 N–H and O–H groups in total. The number of hydrogen-bond acceptors (Lipinski definition) is 2. The molecule has 0 bridgehead atoms. The van der Waals surface area contributed by atoms with E-state index < -0.39 is 35.0 Å². The molecule has 11 rings (SSSR count). The Hall–Kier alpha value is -0.510. The maximum absolute atomic E-state index is 13.2. The fourth-order valence-electron chi connectivity index (χ4n) is 15.0. The predicted molar refractivity (Wildman–Crippen MR) is 441 cm³/mol. The van der Waals surface area contributed by atoms with E-state index in [1.165, 1.54) is 140 Å². The van der Waals surface area contributed by atoms with Crippen molar-refractivity contribution < 1.29 is 39.9 Å². The average Bonchev–Trinajstić information content (AvgIpc) is 1.82. The molecule has 0 spiro atoms. The molecule has 0 aromatic heterocycles. The Balaban J connectivity index is 0.00000110. The molecule has 0 amide bonds. The van der Waals surface area contributed by atoms with Gasteiger partial charge in [0.1, 0.15) is 11.3 Å². The van der Waals surface area contributed by atoms with Crippen LogP contribution >= 0.6 is 11.8 Å². The largest absolute Gasteiger partial charge is 0.381 e. The standard InChI is InChI=1S/C9H18.C9H16.2C8H14F2.C8H15F.2C8H16.C7H12F2.C7H13F.C7H14O.C7H14S.C7H16/c1-8(2)6-7-9-4-3-5-9;1-8(2)7-9-5-3-4-6-9;1-6(2)3-7-4-8(9,10)5-7;1-6(2)8(9,10)7-4-3-5-7;1-7(2)6-8(9)4-3-5-8;1-7(2)6-8(3)4-5-8;1-7(2)6-8-4-3-5-8;1-5(2)3-6-4-7(6,8)9;1-6(2)5-7(8)3-4-7;2*1-6(2)3-7-4-8-5-7;1-4-5-6-7(2)3/h8-9H,3-7H2,1-2H3;3,5,8-9H,4,6-7H2,1-2H3;2*6-7H,3-5H2,1-2H3;7H,3-6H2,1-2H3;7H,4-6H2,1-3H3;7-8H,3-6H2,1-2H3;5-6H,3-4H2,1-2H3;6H,3-5H2,1-2H3;2*6-7H,3-5H2,1-2H3;7H,4-6H2,1-3H3. The molecule has 0 aromatic carbocycles. The van der Waals surface area contributed by atoms with Crippen LogP contribution in [0.25, 0.3) is 0 Å². The van der Waals surface area contributed by atoms with E-state index in [9.17, 15) is 35.1 Å². The summed E-state index contributed by atoms with van der Waals surface area (Å²) < 4.78 is 106. The van der Waals surface area contributed by atoms with Gasteiger partial charge in [-0.3, -0.25) is 0 Å². The van der Waals surface area contributed by atoms with E-state index in [1.54, 1.807) is 13.8 Å². The SMILES string of the molecule is CC(C)C(F)(F)C1CCC1.CC(C)CC1(C)CC1.CC(C)CC1(F)CC1.CC(C)CC1(F)CCC1.CC(C)CC1C=CCC1.CC(C)CC1CC(F)(F)C1.CC(C)CC1CC1(F)F.CC(C)CC1CCC1.CC(C)CC1COC1.CC(C)CC1CSC1.CC(C)CCC1CCC1.CCCCC(C)C. The van der Waals surface area contributed by atoms with E-state index in [-0.39, 0.29) is 31.1 Å². The van der Waals surface area contributed by atoms with Crippen molar-refractivity contribution in [3.05, 3.63) is 12.2 Å². The zero-order chi connectivity index (χ0) is 79.0. The summed E-state index contributed by atoms with van der Waals surface area (Å²) in [7, 11) is 0. The zero-order valence-electron chi connectivity index (χ0n) is 73.1. The summed E-state index contributed by atoms with van der Waals surface area (Å²) in [6, 6.07) is 0. The van der Waals surface area contributed by atoms with Crippen LogP contribution in [0.5, 0.6) is 0 Å². The molecule has 103 heavy (non-hydrogen) atoms. The highest BCUT2D eigenvalue weighted by Crippen LogP contribution is 2.52. The number of thioether (sulfide) groups is 1. The lowest BCUT2D eigenvalue weighted by molar-refractivity contribution is -0.122. The number of allylic oxidation sites excluding steroid dienone is 2. The van der Waals surface area contributed by atoms with Crippen molar-refractivity contribution >= 4 is 11.8 Å². The van der Waals surface area contributed by atoms with Crippen LogP contribution in [-0.2, 0) is 4.74 Å². The quantitative estimate of drug-likeness (QED) is 0.0631. The monoisotopic (exact) mass is 1500 g/mol. The van der Waals surface area contributed by atoms with Crippen LogP contribution in [0, 0.1) is 124 Å². The maximum atomic E-state index is 13.2. The average molecular weight is 1500 g/mol. The van der Waals surface area contributed by atoms with Crippen LogP contribution in [0.4, 0.5) is 35.1 Å². The summed E-state index contributed by atoms with van der Waals surface area (Å²) in [4.78, 5) is 0. The normalized spacial score (nSPS) is 22.7. The predicted octanol–water partition coefficient (Wildman–Crippen LogP) is 33.1. The second-order valence-electron chi connectivity index (χ2n) is 40.5. The van der Waals surface area contributed by atoms with Crippen LogP contribution in [0.1, 0.15) is 405 Å². The fourth-order valence-corrected chi connectivity index (χ4v) is 15.8. The summed E-state index contributed by atoms with van der Waals surface area (Å²) >= 11 is 2.09. The first kappa shape index (κ1) is 102. The van der Waals surface area contributed by atoms with Gasteiger partial charge in [-0.15, -0.1) is 0 Å². The molecule has 618 valence electrons. The molecule has 11 aliphatic rings. The van der Waals surface area contributed by atoms with E-state index in [4.69, 9.17) is 4.74 Å². The van der Waals surface area contributed by atoms with Crippen LogP contribution in [0.3, 0.4) is 0 Å². The van der Waals surface area contributed by atoms with Crippen LogP contribution in [-0.4, -0.2) is 53.8 Å². The molecule has 2 heterocycles. The first-order valence-corrected chi connectivity index (χ1v) is 45.1. The van der Waals surface area contributed by atoms with Crippen molar-refractivity contribution in [2.24, 2.45) is 124 Å². The second kappa shape index (κ2) is 53.4. The minimum Gasteiger partial charge on any atom is -0.381 e. The summed E-state index contributed by atoms with van der Waals surface area (Å²) in [5, 5.41) is 0. The lowest BCUT2D eigenvalue weighted by Gasteiger charge is -2.35. The van der Waals surface area contributed by atoms with Crippen molar-refractivity contribution in [1.29, 1.82) is 0 Å². The van der Waals surface area contributed by atoms with Crippen LogP contribution in [0.15, 0.2) is 12.2 Å². The van der Waals surface area contributed by atoms with Gasteiger partial charge in [-0.05, 0) is 240 Å². The van der Waals surface area contributed by atoms with Gasteiger partial charge in [0.2, 0.25) is 5.92 Å². The van der Waals surface area contributed by atoms with E-state index in [0.29, 0.717) is 36.0 Å². The third-order valence-corrected chi connectivity index (χ3v) is 23.6. The third-order valence-electron chi connectivity index (χ3n) is 22.2. The Morgan fingerprint density at radius 1 is 0.427 bits per heavy atom. The summed E-state index contributed by atoms with van der Waals surface area (Å²) in [5.74, 6) is 8.47. The van der Waals surface area contributed by atoms with Gasteiger partial charge in [-0.1, -0.05) is 269 Å². The number of unbranched alkanes of at least 4 members (excludes halogenated alkanes) is 1. The summed E-state index contributed by atoms with van der Waals surface area (Å²) in [6.45, 7) is 58.4. The van der Waals surface area contributed by atoms with Gasteiger partial charge in [0.15, 0.2) is 0 Å². The number of rotatable bonds is 26. The maximum Gasteiger partial charge on any atom is 0.253 e. The summed E-state index contributed by atoms with van der Waals surface area (Å²) in [6.07, 6.45) is 44.0. The molecule has 2 atom stereocenters. The molecule has 1 nitrogen and oxygen atoms in total. The Bertz CT molecular complexity index is 1930. The molecule has 2 unspecified atom stereocenters. The Morgan fingerprint density at radius 3 is 1.02 bits per heavy atom. The van der Waals surface area contributed by atoms with Gasteiger partial charge in [0.05, 0.1) is 13.2 Å². The summed E-state index contributed by atoms with van der Waals surface area (Å²) in [5.41, 5.74) is -0.712. The fraction of sp³-hybridized carbons (Fsp3) is 0.978. The van der Waals surface area contributed by atoms with Gasteiger partial charge in [-0.2, -0.15) is 11.8 Å². The van der Waals surface area contributed by atoms with Crippen molar-refractivity contribution in [3.63, 3.8) is 0 Å². The number of hydrogen-bond donors (Lipinski definition) is 0. The van der Waals surface area contributed by atoms with E-state index in [1.807, 2.05) is 13.8 Å². The molecule has 9 aliphatic carbocycles. The lowest BCUT2D eigenvalue weighted by atomic mass is 9.77. The highest BCUT2D eigenvalue weighted by Gasteiger charge is 2.56.